The Labute approximate surface area is 137 Å². The predicted molar refractivity (Wildman–Crippen MR) is 89.0 cm³/mol. The summed E-state index contributed by atoms with van der Waals surface area (Å²) >= 11 is 0. The molecule has 4 atom stereocenters. The molecule has 4 nitrogen and oxygen atoms in total. The van der Waals surface area contributed by atoms with Crippen molar-refractivity contribution in [2.24, 2.45) is 11.7 Å². The Kier molecular flexibility index (Phi) is 5.01. The molecule has 2 saturated heterocycles. The lowest BCUT2D eigenvalue weighted by Crippen LogP contribution is -2.25. The van der Waals surface area contributed by atoms with Crippen LogP contribution in [0.25, 0.3) is 0 Å². The lowest BCUT2D eigenvalue weighted by molar-refractivity contribution is -0.118. The average Bonchev–Trinajstić information content (AvgIpc) is 3.11. The van der Waals surface area contributed by atoms with Crippen molar-refractivity contribution in [1.29, 1.82) is 0 Å². The zero-order valence-corrected chi connectivity index (χ0v) is 13.4. The molecular weight excluding hydrogens is 290 g/mol. The number of primary amides is 1. The summed E-state index contributed by atoms with van der Waals surface area (Å²) in [5.74, 6) is 0.939. The highest BCUT2D eigenvalue weighted by Crippen LogP contribution is 2.50. The molecule has 2 aliphatic rings. The molecule has 4 heteroatoms. The number of allylic oxidation sites excluding steroid dienone is 2. The molecule has 0 saturated carbocycles. The van der Waals surface area contributed by atoms with Crippen LogP contribution < -0.4 is 5.73 Å². The molecule has 2 fully saturated rings. The van der Waals surface area contributed by atoms with Gasteiger partial charge in [0.1, 0.15) is 5.75 Å². The third-order valence-corrected chi connectivity index (χ3v) is 5.05. The molecular formula is C19H25NO3. The van der Waals surface area contributed by atoms with Gasteiger partial charge in [-0.25, -0.2) is 0 Å². The molecule has 0 aliphatic carbocycles. The fraction of sp³-hybridized carbons (Fsp3) is 0.526. The first-order chi connectivity index (χ1) is 11.1. The first kappa shape index (κ1) is 16.1. The SMILES string of the molecule is NC(=O)CCC/C=C/CC1C2CCC(O2)C1c1cccc(O)c1. The van der Waals surface area contributed by atoms with Gasteiger partial charge < -0.3 is 15.6 Å². The molecule has 2 aliphatic heterocycles. The zero-order chi connectivity index (χ0) is 16.2. The Morgan fingerprint density at radius 2 is 2.13 bits per heavy atom. The minimum Gasteiger partial charge on any atom is -0.508 e. The Balaban J connectivity index is 1.61. The van der Waals surface area contributed by atoms with E-state index in [4.69, 9.17) is 10.5 Å². The molecule has 124 valence electrons. The zero-order valence-electron chi connectivity index (χ0n) is 13.4. The van der Waals surface area contributed by atoms with E-state index >= 15 is 0 Å². The first-order valence-electron chi connectivity index (χ1n) is 8.53. The number of fused-ring (bicyclic) bond motifs is 2. The van der Waals surface area contributed by atoms with E-state index < -0.39 is 0 Å². The van der Waals surface area contributed by atoms with E-state index in [1.54, 1.807) is 6.07 Å². The monoisotopic (exact) mass is 315 g/mol. The third kappa shape index (κ3) is 3.75. The van der Waals surface area contributed by atoms with Crippen molar-refractivity contribution in [3.8, 4) is 5.75 Å². The molecule has 0 radical (unpaired) electrons. The molecule has 23 heavy (non-hydrogen) atoms. The van der Waals surface area contributed by atoms with Gasteiger partial charge in [-0.15, -0.1) is 0 Å². The number of carbonyl (C=O) groups excluding carboxylic acids is 1. The van der Waals surface area contributed by atoms with E-state index in [0.717, 1.165) is 32.1 Å². The number of carbonyl (C=O) groups is 1. The number of rotatable bonds is 7. The molecule has 2 heterocycles. The second-order valence-corrected chi connectivity index (χ2v) is 6.64. The maximum atomic E-state index is 10.7. The van der Waals surface area contributed by atoms with Crippen LogP contribution in [0.5, 0.6) is 5.75 Å². The Morgan fingerprint density at radius 1 is 1.30 bits per heavy atom. The van der Waals surface area contributed by atoms with Gasteiger partial charge in [0.2, 0.25) is 5.91 Å². The number of unbranched alkanes of at least 4 members (excludes halogenated alkanes) is 1. The third-order valence-electron chi connectivity index (χ3n) is 5.05. The van der Waals surface area contributed by atoms with Crippen LogP contribution in [0.2, 0.25) is 0 Å². The molecule has 3 rings (SSSR count). The number of phenols is 1. The predicted octanol–water partition coefficient (Wildman–Crippen LogP) is 3.26. The molecule has 0 spiro atoms. The van der Waals surface area contributed by atoms with Gasteiger partial charge in [0, 0.05) is 12.3 Å². The normalized spacial score (nSPS) is 29.4. The number of amides is 1. The standard InChI is InChI=1S/C19H25NO3/c20-18(22)9-4-2-1-3-8-15-16-10-11-17(23-16)19(15)13-6-5-7-14(21)12-13/h1,3,5-7,12,15-17,19,21H,2,4,8-11H2,(H2,20,22)/b3-1+. The smallest absolute Gasteiger partial charge is 0.217 e. The van der Waals surface area contributed by atoms with Crippen LogP contribution in [0, 0.1) is 5.92 Å². The number of nitrogens with two attached hydrogens (primary N) is 1. The van der Waals surface area contributed by atoms with Crippen molar-refractivity contribution < 1.29 is 14.6 Å². The molecule has 0 aromatic heterocycles. The Hall–Kier alpha value is -1.81. The van der Waals surface area contributed by atoms with Crippen molar-refractivity contribution in [1.82, 2.24) is 0 Å². The molecule has 1 amide bonds. The van der Waals surface area contributed by atoms with Gasteiger partial charge in [0.05, 0.1) is 12.2 Å². The van der Waals surface area contributed by atoms with Crippen molar-refractivity contribution in [3.63, 3.8) is 0 Å². The van der Waals surface area contributed by atoms with Gasteiger partial charge in [-0.1, -0.05) is 24.3 Å². The van der Waals surface area contributed by atoms with E-state index in [1.165, 1.54) is 5.56 Å². The highest BCUT2D eigenvalue weighted by Gasteiger charge is 2.48. The van der Waals surface area contributed by atoms with Gasteiger partial charge >= 0.3 is 0 Å². The highest BCUT2D eigenvalue weighted by molar-refractivity contribution is 5.73. The van der Waals surface area contributed by atoms with Crippen LogP contribution in [-0.2, 0) is 9.53 Å². The quantitative estimate of drug-likeness (QED) is 0.599. The fourth-order valence-electron chi connectivity index (χ4n) is 4.03. The van der Waals surface area contributed by atoms with E-state index in [2.05, 4.69) is 18.2 Å². The highest BCUT2D eigenvalue weighted by atomic mass is 16.5. The second kappa shape index (κ2) is 7.18. The second-order valence-electron chi connectivity index (χ2n) is 6.64. The van der Waals surface area contributed by atoms with Gasteiger partial charge in [-0.2, -0.15) is 0 Å². The topological polar surface area (TPSA) is 72.6 Å². The average molecular weight is 315 g/mol. The fourth-order valence-corrected chi connectivity index (χ4v) is 4.03. The number of phenolic OH excluding ortho intramolecular Hbond substituents is 1. The molecule has 1 aromatic rings. The number of hydrogen-bond acceptors (Lipinski definition) is 3. The van der Waals surface area contributed by atoms with Crippen LogP contribution >= 0.6 is 0 Å². The number of ether oxygens (including phenoxy) is 1. The Bertz CT molecular complexity index is 584. The molecule has 1 aromatic carbocycles. The van der Waals surface area contributed by atoms with Crippen molar-refractivity contribution >= 4 is 5.91 Å². The Morgan fingerprint density at radius 3 is 2.91 bits per heavy atom. The maximum absolute atomic E-state index is 10.7. The summed E-state index contributed by atoms with van der Waals surface area (Å²) in [5, 5.41) is 9.76. The van der Waals surface area contributed by atoms with Gasteiger partial charge in [-0.3, -0.25) is 4.79 Å². The summed E-state index contributed by atoms with van der Waals surface area (Å²) in [5.41, 5.74) is 6.33. The molecule has 4 unspecified atom stereocenters. The number of benzene rings is 1. The van der Waals surface area contributed by atoms with Gasteiger partial charge in [0.25, 0.3) is 0 Å². The van der Waals surface area contributed by atoms with Crippen LogP contribution in [0.3, 0.4) is 0 Å². The maximum Gasteiger partial charge on any atom is 0.217 e. The summed E-state index contributed by atoms with van der Waals surface area (Å²) in [4.78, 5) is 10.7. The minimum absolute atomic E-state index is 0.233. The summed E-state index contributed by atoms with van der Waals surface area (Å²) in [6.07, 6.45) is 10.4. The van der Waals surface area contributed by atoms with Crippen LogP contribution in [-0.4, -0.2) is 23.2 Å². The van der Waals surface area contributed by atoms with E-state index in [0.29, 0.717) is 30.1 Å². The summed E-state index contributed by atoms with van der Waals surface area (Å²) in [6.45, 7) is 0. The molecule has 3 N–H and O–H groups in total. The first-order valence-corrected chi connectivity index (χ1v) is 8.53. The van der Waals surface area contributed by atoms with Gasteiger partial charge in [0.15, 0.2) is 0 Å². The van der Waals surface area contributed by atoms with E-state index in [-0.39, 0.29) is 12.0 Å². The van der Waals surface area contributed by atoms with Crippen LogP contribution in [0.4, 0.5) is 0 Å². The van der Waals surface area contributed by atoms with Crippen LogP contribution in [0.15, 0.2) is 36.4 Å². The van der Waals surface area contributed by atoms with Crippen molar-refractivity contribution in [2.75, 3.05) is 0 Å². The van der Waals surface area contributed by atoms with E-state index in [1.807, 2.05) is 12.1 Å². The summed E-state index contributed by atoms with van der Waals surface area (Å²) in [7, 11) is 0. The summed E-state index contributed by atoms with van der Waals surface area (Å²) < 4.78 is 6.12. The molecule has 2 bridgehead atoms. The largest absolute Gasteiger partial charge is 0.508 e. The van der Waals surface area contributed by atoms with Crippen molar-refractivity contribution in [3.05, 3.63) is 42.0 Å². The van der Waals surface area contributed by atoms with E-state index in [9.17, 15) is 9.90 Å². The van der Waals surface area contributed by atoms with Crippen molar-refractivity contribution in [2.45, 2.75) is 56.7 Å². The van der Waals surface area contributed by atoms with Gasteiger partial charge in [-0.05, 0) is 55.7 Å². The van der Waals surface area contributed by atoms with Crippen LogP contribution in [0.1, 0.15) is 50.0 Å². The number of hydrogen-bond donors (Lipinski definition) is 2. The lowest BCUT2D eigenvalue weighted by Gasteiger charge is -2.27. The minimum atomic E-state index is -0.233. The lowest BCUT2D eigenvalue weighted by atomic mass is 9.74. The number of aromatic hydroxyl groups is 1. The summed E-state index contributed by atoms with van der Waals surface area (Å²) in [6, 6.07) is 7.59.